The molecule has 0 aliphatic heterocycles. The highest BCUT2D eigenvalue weighted by molar-refractivity contribution is 9.10. The summed E-state index contributed by atoms with van der Waals surface area (Å²) >= 11 is 9.28. The van der Waals surface area contributed by atoms with Gasteiger partial charge in [-0.2, -0.15) is 0 Å². The van der Waals surface area contributed by atoms with Crippen LogP contribution < -0.4 is 10.6 Å². The summed E-state index contributed by atoms with van der Waals surface area (Å²) in [4.78, 5) is 11.6. The second-order valence-corrected chi connectivity index (χ2v) is 5.42. The molecule has 3 nitrogen and oxygen atoms in total. The molecule has 0 heterocycles. The molecule has 0 radical (unpaired) electrons. The number of hydrogen-bond donors (Lipinski definition) is 2. The highest BCUT2D eigenvalue weighted by Crippen LogP contribution is 2.30. The molecule has 1 aromatic rings. The first kappa shape index (κ1) is 12.9. The Balaban J connectivity index is 1.82. The van der Waals surface area contributed by atoms with Crippen molar-refractivity contribution >= 4 is 39.1 Å². The molecule has 17 heavy (non-hydrogen) atoms. The molecule has 1 aromatic carbocycles. The van der Waals surface area contributed by atoms with Crippen molar-refractivity contribution in [1.29, 1.82) is 0 Å². The van der Waals surface area contributed by atoms with Crippen LogP contribution in [0, 0.1) is 5.92 Å². The van der Waals surface area contributed by atoms with E-state index in [9.17, 15) is 4.79 Å². The zero-order valence-electron chi connectivity index (χ0n) is 9.30. The lowest BCUT2D eigenvalue weighted by Gasteiger charge is -2.08. The molecule has 1 aliphatic carbocycles. The number of halogens is 2. The van der Waals surface area contributed by atoms with Gasteiger partial charge in [-0.25, -0.2) is 0 Å². The zero-order valence-corrected chi connectivity index (χ0v) is 11.6. The Morgan fingerprint density at radius 1 is 1.47 bits per heavy atom. The van der Waals surface area contributed by atoms with Gasteiger partial charge in [0.1, 0.15) is 0 Å². The predicted octanol–water partition coefficient (Wildman–Crippen LogP) is 3.04. The third kappa shape index (κ3) is 3.98. The fraction of sp³-hybridized carbons (Fsp3) is 0.417. The average molecular weight is 318 g/mol. The van der Waals surface area contributed by atoms with Gasteiger partial charge in [0, 0.05) is 0 Å². The third-order valence-corrected chi connectivity index (χ3v) is 4.04. The second-order valence-electron chi connectivity index (χ2n) is 4.22. The summed E-state index contributed by atoms with van der Waals surface area (Å²) in [6, 6.07) is 5.39. The molecular weight excluding hydrogens is 304 g/mol. The van der Waals surface area contributed by atoms with Gasteiger partial charge in [-0.05, 0) is 53.4 Å². The Kier molecular flexibility index (Phi) is 4.42. The number of carbonyl (C=O) groups excluding carboxylic acids is 1. The molecule has 2 N–H and O–H groups in total. The number of amides is 1. The van der Waals surface area contributed by atoms with Gasteiger partial charge in [-0.15, -0.1) is 0 Å². The Morgan fingerprint density at radius 3 is 2.94 bits per heavy atom. The van der Waals surface area contributed by atoms with E-state index < -0.39 is 0 Å². The van der Waals surface area contributed by atoms with Crippen LogP contribution in [-0.4, -0.2) is 19.0 Å². The van der Waals surface area contributed by atoms with Crippen molar-refractivity contribution in [2.75, 3.05) is 18.4 Å². The maximum atomic E-state index is 11.6. The Bertz CT molecular complexity index is 421. The predicted molar refractivity (Wildman–Crippen MR) is 73.4 cm³/mol. The number of rotatable bonds is 5. The Morgan fingerprint density at radius 2 is 2.24 bits per heavy atom. The standard InChI is InChI=1S/C12H14BrClN2O/c13-12-9(14)2-1-3-10(12)16-11(17)7-15-6-8-4-5-8/h1-3,8,15H,4-7H2,(H,16,17). The molecule has 92 valence electrons. The number of hydrogen-bond acceptors (Lipinski definition) is 2. The smallest absolute Gasteiger partial charge is 0.238 e. The number of benzene rings is 1. The number of nitrogens with one attached hydrogen (secondary N) is 2. The topological polar surface area (TPSA) is 41.1 Å². The number of carbonyl (C=O) groups is 1. The van der Waals surface area contributed by atoms with Crippen LogP contribution in [-0.2, 0) is 4.79 Å². The molecule has 0 bridgehead atoms. The summed E-state index contributed by atoms with van der Waals surface area (Å²) in [5, 5.41) is 6.54. The van der Waals surface area contributed by atoms with E-state index in [-0.39, 0.29) is 5.91 Å². The highest BCUT2D eigenvalue weighted by atomic mass is 79.9. The van der Waals surface area contributed by atoms with Gasteiger partial charge in [0.2, 0.25) is 5.91 Å². The van der Waals surface area contributed by atoms with Crippen LogP contribution in [0.2, 0.25) is 5.02 Å². The van der Waals surface area contributed by atoms with Crippen molar-refractivity contribution in [3.63, 3.8) is 0 Å². The summed E-state index contributed by atoms with van der Waals surface area (Å²) in [6.07, 6.45) is 2.57. The SMILES string of the molecule is O=C(CNCC1CC1)Nc1cccc(Cl)c1Br. The molecule has 1 saturated carbocycles. The van der Waals surface area contributed by atoms with Gasteiger partial charge in [0.25, 0.3) is 0 Å². The summed E-state index contributed by atoms with van der Waals surface area (Å²) in [5.74, 6) is 0.731. The fourth-order valence-corrected chi connectivity index (χ4v) is 2.04. The molecule has 0 spiro atoms. The van der Waals surface area contributed by atoms with Crippen molar-refractivity contribution in [3.8, 4) is 0 Å². The zero-order chi connectivity index (χ0) is 12.3. The van der Waals surface area contributed by atoms with Crippen molar-refractivity contribution in [2.45, 2.75) is 12.8 Å². The molecule has 0 saturated heterocycles. The summed E-state index contributed by atoms with van der Waals surface area (Å²) in [6.45, 7) is 1.28. The molecule has 0 atom stereocenters. The molecule has 0 aromatic heterocycles. The average Bonchev–Trinajstić information content (AvgIpc) is 3.09. The number of anilines is 1. The summed E-state index contributed by atoms with van der Waals surface area (Å²) < 4.78 is 0.720. The monoisotopic (exact) mass is 316 g/mol. The first-order valence-electron chi connectivity index (χ1n) is 5.61. The van der Waals surface area contributed by atoms with E-state index in [1.807, 2.05) is 6.07 Å². The van der Waals surface area contributed by atoms with E-state index in [1.165, 1.54) is 12.8 Å². The molecule has 5 heteroatoms. The van der Waals surface area contributed by atoms with Crippen LogP contribution >= 0.6 is 27.5 Å². The van der Waals surface area contributed by atoms with Crippen LogP contribution in [0.1, 0.15) is 12.8 Å². The van der Waals surface area contributed by atoms with Crippen molar-refractivity contribution in [1.82, 2.24) is 5.32 Å². The minimum atomic E-state index is -0.0476. The molecule has 0 unspecified atom stereocenters. The third-order valence-electron chi connectivity index (χ3n) is 2.64. The lowest BCUT2D eigenvalue weighted by atomic mass is 10.3. The maximum absolute atomic E-state index is 11.6. The lowest BCUT2D eigenvalue weighted by molar-refractivity contribution is -0.115. The molecule has 1 aliphatic rings. The van der Waals surface area contributed by atoms with Gasteiger partial charge >= 0.3 is 0 Å². The van der Waals surface area contributed by atoms with Crippen LogP contribution in [0.4, 0.5) is 5.69 Å². The van der Waals surface area contributed by atoms with Crippen LogP contribution in [0.25, 0.3) is 0 Å². The second kappa shape index (κ2) is 5.85. The quantitative estimate of drug-likeness (QED) is 0.876. The highest BCUT2D eigenvalue weighted by Gasteiger charge is 2.20. The van der Waals surface area contributed by atoms with Crippen molar-refractivity contribution in [3.05, 3.63) is 27.7 Å². The van der Waals surface area contributed by atoms with Gasteiger partial charge in [0.05, 0.1) is 21.7 Å². The van der Waals surface area contributed by atoms with Crippen molar-refractivity contribution < 1.29 is 4.79 Å². The largest absolute Gasteiger partial charge is 0.324 e. The molecular formula is C12H14BrClN2O. The van der Waals surface area contributed by atoms with E-state index in [1.54, 1.807) is 12.1 Å². The fourth-order valence-electron chi connectivity index (χ4n) is 1.51. The van der Waals surface area contributed by atoms with E-state index >= 15 is 0 Å². The summed E-state index contributed by atoms with van der Waals surface area (Å²) in [5.41, 5.74) is 0.704. The minimum absolute atomic E-state index is 0.0476. The Hall–Kier alpha value is -0.580. The normalized spacial score (nSPS) is 14.7. The van der Waals surface area contributed by atoms with Gasteiger partial charge in [-0.1, -0.05) is 17.7 Å². The minimum Gasteiger partial charge on any atom is -0.324 e. The lowest BCUT2D eigenvalue weighted by Crippen LogP contribution is -2.29. The van der Waals surface area contributed by atoms with Gasteiger partial charge < -0.3 is 10.6 Å². The molecule has 1 fully saturated rings. The van der Waals surface area contributed by atoms with Crippen LogP contribution in [0.3, 0.4) is 0 Å². The van der Waals surface area contributed by atoms with Gasteiger partial charge in [0.15, 0.2) is 0 Å². The van der Waals surface area contributed by atoms with Crippen LogP contribution in [0.15, 0.2) is 22.7 Å². The summed E-state index contributed by atoms with van der Waals surface area (Å²) in [7, 11) is 0. The molecule has 1 amide bonds. The first-order chi connectivity index (χ1) is 8.16. The Labute approximate surface area is 114 Å². The van der Waals surface area contributed by atoms with E-state index in [4.69, 9.17) is 11.6 Å². The van der Waals surface area contributed by atoms with E-state index in [0.717, 1.165) is 16.9 Å². The first-order valence-corrected chi connectivity index (χ1v) is 6.78. The molecule has 2 rings (SSSR count). The maximum Gasteiger partial charge on any atom is 0.238 e. The van der Waals surface area contributed by atoms with Gasteiger partial charge in [-0.3, -0.25) is 4.79 Å². The van der Waals surface area contributed by atoms with Crippen molar-refractivity contribution in [2.24, 2.45) is 5.92 Å². The van der Waals surface area contributed by atoms with Crippen LogP contribution in [0.5, 0.6) is 0 Å². The van der Waals surface area contributed by atoms with E-state index in [2.05, 4.69) is 26.6 Å². The van der Waals surface area contributed by atoms with E-state index in [0.29, 0.717) is 17.3 Å².